The third-order valence-corrected chi connectivity index (χ3v) is 6.35. The van der Waals surface area contributed by atoms with E-state index >= 15 is 0 Å². The number of likely N-dealkylation sites (tertiary alicyclic amines) is 1. The fraction of sp³-hybridized carbons (Fsp3) is 0.389. The first-order valence-electron chi connectivity index (χ1n) is 8.32. The molecule has 7 heteroatoms. The van der Waals surface area contributed by atoms with Crippen LogP contribution in [0.3, 0.4) is 0 Å². The molecule has 0 N–H and O–H groups in total. The van der Waals surface area contributed by atoms with Gasteiger partial charge in [-0.3, -0.25) is 4.79 Å². The zero-order valence-corrected chi connectivity index (χ0v) is 14.6. The molecule has 0 aliphatic carbocycles. The van der Waals surface area contributed by atoms with E-state index in [4.69, 9.17) is 9.15 Å². The number of carbonyl (C=O) groups excluding carboxylic acids is 1. The molecule has 1 amide bonds. The number of benzene rings is 1. The first-order valence-corrected chi connectivity index (χ1v) is 9.13. The molecule has 25 heavy (non-hydrogen) atoms. The van der Waals surface area contributed by atoms with Crippen LogP contribution < -0.4 is 0 Å². The smallest absolute Gasteiger partial charge is 0.264 e. The van der Waals surface area contributed by atoms with Gasteiger partial charge in [-0.15, -0.1) is 21.5 Å². The van der Waals surface area contributed by atoms with Gasteiger partial charge in [-0.2, -0.15) is 0 Å². The molecule has 2 saturated heterocycles. The van der Waals surface area contributed by atoms with Gasteiger partial charge in [-0.05, 0) is 17.5 Å². The number of aryl methyl sites for hydroxylation is 1. The van der Waals surface area contributed by atoms with Gasteiger partial charge in [0.05, 0.1) is 23.5 Å². The number of fused-ring (bicyclic) bond motifs is 2. The second-order valence-electron chi connectivity index (χ2n) is 6.83. The largest absolute Gasteiger partial charge is 0.425 e. The quantitative estimate of drug-likeness (QED) is 0.707. The Morgan fingerprint density at radius 2 is 2.24 bits per heavy atom. The Morgan fingerprint density at radius 1 is 1.36 bits per heavy atom. The van der Waals surface area contributed by atoms with Crippen LogP contribution in [0.4, 0.5) is 0 Å². The van der Waals surface area contributed by atoms with E-state index in [0.29, 0.717) is 38.1 Å². The molecule has 5 rings (SSSR count). The van der Waals surface area contributed by atoms with Crippen LogP contribution in [0.5, 0.6) is 0 Å². The number of amides is 1. The van der Waals surface area contributed by atoms with Crippen LogP contribution >= 0.6 is 11.3 Å². The number of hydrogen-bond acceptors (Lipinski definition) is 6. The molecule has 2 aliphatic rings. The maximum Gasteiger partial charge on any atom is 0.264 e. The molecule has 128 valence electrons. The van der Waals surface area contributed by atoms with Crippen molar-refractivity contribution in [1.29, 1.82) is 0 Å². The van der Waals surface area contributed by atoms with Crippen LogP contribution in [0, 0.1) is 12.8 Å². The molecular formula is C18H17N3O3S. The lowest BCUT2D eigenvalue weighted by Gasteiger charge is -2.22. The summed E-state index contributed by atoms with van der Waals surface area (Å²) in [4.78, 5) is 15.7. The van der Waals surface area contributed by atoms with E-state index in [1.165, 1.54) is 0 Å². The summed E-state index contributed by atoms with van der Waals surface area (Å²) >= 11 is 1.55. The molecule has 2 fully saturated rings. The lowest BCUT2D eigenvalue weighted by Crippen LogP contribution is -2.37. The summed E-state index contributed by atoms with van der Waals surface area (Å²) in [5.41, 5.74) is -0.367. The summed E-state index contributed by atoms with van der Waals surface area (Å²) < 4.78 is 12.5. The molecule has 4 heterocycles. The Balaban J connectivity index is 1.47. The van der Waals surface area contributed by atoms with Crippen molar-refractivity contribution in [3.8, 4) is 0 Å². The van der Waals surface area contributed by atoms with Crippen LogP contribution in [-0.2, 0) is 10.2 Å². The number of carbonyl (C=O) groups is 1. The van der Waals surface area contributed by atoms with E-state index in [1.807, 2.05) is 35.2 Å². The van der Waals surface area contributed by atoms with Crippen molar-refractivity contribution in [2.75, 3.05) is 26.3 Å². The van der Waals surface area contributed by atoms with E-state index in [0.717, 1.165) is 15.0 Å². The second-order valence-corrected chi connectivity index (χ2v) is 7.91. The van der Waals surface area contributed by atoms with Crippen molar-refractivity contribution in [3.63, 3.8) is 0 Å². The minimum atomic E-state index is -0.367. The van der Waals surface area contributed by atoms with Crippen molar-refractivity contribution in [2.45, 2.75) is 12.3 Å². The molecule has 2 atom stereocenters. The van der Waals surface area contributed by atoms with Gasteiger partial charge in [0.2, 0.25) is 11.8 Å². The second kappa shape index (κ2) is 5.37. The molecule has 0 bridgehead atoms. The minimum Gasteiger partial charge on any atom is -0.425 e. The summed E-state index contributed by atoms with van der Waals surface area (Å²) in [5.74, 6) is 1.42. The number of aromatic nitrogens is 2. The highest BCUT2D eigenvalue weighted by Gasteiger charge is 2.56. The van der Waals surface area contributed by atoms with E-state index in [1.54, 1.807) is 18.3 Å². The molecule has 0 spiro atoms. The Hall–Kier alpha value is -2.25. The molecular weight excluding hydrogens is 338 g/mol. The molecule has 2 aromatic heterocycles. The number of ether oxygens (including phenoxy) is 1. The van der Waals surface area contributed by atoms with Gasteiger partial charge >= 0.3 is 0 Å². The van der Waals surface area contributed by atoms with Gasteiger partial charge in [0.1, 0.15) is 0 Å². The summed E-state index contributed by atoms with van der Waals surface area (Å²) in [5, 5.41) is 9.31. The first-order chi connectivity index (χ1) is 12.2. The number of thiophene rings is 1. The highest BCUT2D eigenvalue weighted by molar-refractivity contribution is 7.20. The average molecular weight is 355 g/mol. The van der Waals surface area contributed by atoms with Crippen molar-refractivity contribution >= 4 is 27.3 Å². The fourth-order valence-corrected chi connectivity index (χ4v) is 4.96. The van der Waals surface area contributed by atoms with Crippen LogP contribution in [0.1, 0.15) is 21.5 Å². The van der Waals surface area contributed by atoms with Crippen LogP contribution in [0.2, 0.25) is 0 Å². The topological polar surface area (TPSA) is 68.5 Å². The number of nitrogens with zero attached hydrogens (tertiary/aromatic N) is 3. The highest BCUT2D eigenvalue weighted by atomic mass is 32.1. The molecule has 1 aromatic carbocycles. The van der Waals surface area contributed by atoms with Crippen molar-refractivity contribution in [2.24, 2.45) is 5.92 Å². The van der Waals surface area contributed by atoms with E-state index in [2.05, 4.69) is 10.2 Å². The highest BCUT2D eigenvalue weighted by Crippen LogP contribution is 2.44. The van der Waals surface area contributed by atoms with Gasteiger partial charge < -0.3 is 14.1 Å². The Labute approximate surface area is 148 Å². The zero-order chi connectivity index (χ0) is 17.0. The maximum absolute atomic E-state index is 13.1. The maximum atomic E-state index is 13.1. The third kappa shape index (κ3) is 2.22. The molecule has 2 aliphatic heterocycles. The molecule has 0 saturated carbocycles. The number of hydrogen-bond donors (Lipinski definition) is 0. The Morgan fingerprint density at radius 3 is 3.04 bits per heavy atom. The predicted octanol–water partition coefficient (Wildman–Crippen LogP) is 2.63. The normalized spacial score (nSPS) is 25.6. The third-order valence-electron chi connectivity index (χ3n) is 5.25. The van der Waals surface area contributed by atoms with Gasteiger partial charge in [-0.1, -0.05) is 18.2 Å². The summed E-state index contributed by atoms with van der Waals surface area (Å²) in [6, 6.07) is 10.1. The van der Waals surface area contributed by atoms with E-state index < -0.39 is 0 Å². The Kier molecular flexibility index (Phi) is 3.23. The van der Waals surface area contributed by atoms with Crippen LogP contribution in [0.15, 0.2) is 34.7 Å². The summed E-state index contributed by atoms with van der Waals surface area (Å²) in [6.07, 6.45) is 0. The van der Waals surface area contributed by atoms with E-state index in [9.17, 15) is 4.79 Å². The van der Waals surface area contributed by atoms with Crippen molar-refractivity contribution in [3.05, 3.63) is 47.0 Å². The van der Waals surface area contributed by atoms with Gasteiger partial charge in [0, 0.05) is 30.6 Å². The standard InChI is InChI=1S/C18H17N3O3S/c1-11-19-20-17(24-11)18-9-21(7-13(18)8-23-10-18)16(22)15-6-12-4-2-3-5-14(12)25-15/h2-6,13H,7-10H2,1H3/t13-,18-/m1/s1. The van der Waals surface area contributed by atoms with Crippen molar-refractivity contribution < 1.29 is 13.9 Å². The summed E-state index contributed by atoms with van der Waals surface area (Å²) in [7, 11) is 0. The van der Waals surface area contributed by atoms with Crippen LogP contribution in [-0.4, -0.2) is 47.3 Å². The average Bonchev–Trinajstić information content (AvgIpc) is 3.35. The van der Waals surface area contributed by atoms with E-state index in [-0.39, 0.29) is 17.2 Å². The molecule has 0 unspecified atom stereocenters. The van der Waals surface area contributed by atoms with Crippen molar-refractivity contribution in [1.82, 2.24) is 15.1 Å². The SMILES string of the molecule is Cc1nnc([C@]23COC[C@H]2CN(C(=O)c2cc4ccccc4s2)C3)o1. The molecule has 6 nitrogen and oxygen atoms in total. The summed E-state index contributed by atoms with van der Waals surface area (Å²) in [6.45, 7) is 4.15. The molecule has 0 radical (unpaired) electrons. The molecule has 3 aromatic rings. The van der Waals surface area contributed by atoms with Gasteiger partial charge in [0.25, 0.3) is 5.91 Å². The lowest BCUT2D eigenvalue weighted by molar-refractivity contribution is 0.0743. The fourth-order valence-electron chi connectivity index (χ4n) is 3.93. The van der Waals surface area contributed by atoms with Crippen LogP contribution in [0.25, 0.3) is 10.1 Å². The lowest BCUT2D eigenvalue weighted by atomic mass is 9.81. The first kappa shape index (κ1) is 15.0. The Bertz CT molecular complexity index is 932. The van der Waals surface area contributed by atoms with Gasteiger partial charge in [-0.25, -0.2) is 0 Å². The predicted molar refractivity (Wildman–Crippen MR) is 92.8 cm³/mol. The minimum absolute atomic E-state index is 0.0752. The monoisotopic (exact) mass is 355 g/mol. The van der Waals surface area contributed by atoms with Gasteiger partial charge in [0.15, 0.2) is 0 Å². The number of rotatable bonds is 2. The zero-order valence-electron chi connectivity index (χ0n) is 13.8.